The van der Waals surface area contributed by atoms with E-state index in [2.05, 4.69) is 19.2 Å². The fourth-order valence-electron chi connectivity index (χ4n) is 1.66. The Morgan fingerprint density at radius 3 is 2.36 bits per heavy atom. The molecule has 84 valence electrons. The van der Waals surface area contributed by atoms with Crippen LogP contribution in [0, 0.1) is 5.92 Å². The fourth-order valence-corrected chi connectivity index (χ4v) is 1.66. The first kappa shape index (κ1) is 13.5. The van der Waals surface area contributed by atoms with Gasteiger partial charge in [-0.2, -0.15) is 0 Å². The third-order valence-corrected chi connectivity index (χ3v) is 2.62. The van der Waals surface area contributed by atoms with Crippen LogP contribution in [0.15, 0.2) is 0 Å². The molecule has 0 heterocycles. The van der Waals surface area contributed by atoms with Crippen molar-refractivity contribution in [3.05, 3.63) is 0 Å². The minimum Gasteiger partial charge on any atom is -0.356 e. The summed E-state index contributed by atoms with van der Waals surface area (Å²) in [5.74, 6) is 0.485. The molecule has 0 aliphatic heterocycles. The normalized spacial score (nSPS) is 12.5. The van der Waals surface area contributed by atoms with Gasteiger partial charge in [0, 0.05) is 12.5 Å². The molecule has 0 spiro atoms. The Balaban J connectivity index is 3.62. The summed E-state index contributed by atoms with van der Waals surface area (Å²) in [5, 5.41) is 2.90. The quantitative estimate of drug-likeness (QED) is 0.598. The largest absolute Gasteiger partial charge is 0.356 e. The van der Waals surface area contributed by atoms with Gasteiger partial charge in [-0.15, -0.1) is 0 Å². The van der Waals surface area contributed by atoms with E-state index in [0.717, 1.165) is 19.4 Å². The van der Waals surface area contributed by atoms with Gasteiger partial charge in [-0.1, -0.05) is 39.5 Å². The summed E-state index contributed by atoms with van der Waals surface area (Å²) < 4.78 is 0. The Kier molecular flexibility index (Phi) is 8.70. The zero-order chi connectivity index (χ0) is 10.8. The van der Waals surface area contributed by atoms with Crippen LogP contribution in [0.4, 0.5) is 0 Å². The highest BCUT2D eigenvalue weighted by molar-refractivity contribution is 5.78. The molecule has 2 nitrogen and oxygen atoms in total. The molecule has 0 saturated heterocycles. The van der Waals surface area contributed by atoms with Crippen LogP contribution in [0.5, 0.6) is 0 Å². The molecule has 14 heavy (non-hydrogen) atoms. The summed E-state index contributed by atoms with van der Waals surface area (Å²) in [6, 6.07) is 0. The second-order valence-electron chi connectivity index (χ2n) is 3.85. The van der Waals surface area contributed by atoms with E-state index in [0.29, 0.717) is 0 Å². The van der Waals surface area contributed by atoms with Gasteiger partial charge in [-0.05, 0) is 19.8 Å². The second kappa shape index (κ2) is 9.04. The maximum Gasteiger partial charge on any atom is 0.223 e. The Bertz CT molecular complexity index is 145. The van der Waals surface area contributed by atoms with Crippen molar-refractivity contribution in [2.24, 2.45) is 5.92 Å². The van der Waals surface area contributed by atoms with Crippen molar-refractivity contribution in [3.63, 3.8) is 0 Å². The van der Waals surface area contributed by atoms with Gasteiger partial charge in [0.05, 0.1) is 0 Å². The molecule has 0 bridgehead atoms. The first-order valence-corrected chi connectivity index (χ1v) is 6.03. The Morgan fingerprint density at radius 1 is 1.14 bits per heavy atom. The highest BCUT2D eigenvalue weighted by Gasteiger charge is 2.14. The second-order valence-corrected chi connectivity index (χ2v) is 3.85. The fraction of sp³-hybridized carbons (Fsp3) is 0.917. The SMILES string of the molecule is CCCCCCC(CC)C(=O)NCC. The molecule has 1 N–H and O–H groups in total. The Morgan fingerprint density at radius 2 is 1.86 bits per heavy atom. The lowest BCUT2D eigenvalue weighted by molar-refractivity contribution is -0.125. The molecule has 0 aromatic rings. The van der Waals surface area contributed by atoms with Crippen LogP contribution in [0.25, 0.3) is 0 Å². The van der Waals surface area contributed by atoms with Gasteiger partial charge in [0.15, 0.2) is 0 Å². The minimum atomic E-state index is 0.242. The van der Waals surface area contributed by atoms with Crippen LogP contribution in [0.1, 0.15) is 59.3 Å². The summed E-state index contributed by atoms with van der Waals surface area (Å²) in [4.78, 5) is 11.5. The monoisotopic (exact) mass is 199 g/mol. The van der Waals surface area contributed by atoms with Gasteiger partial charge in [-0.25, -0.2) is 0 Å². The van der Waals surface area contributed by atoms with E-state index < -0.39 is 0 Å². The van der Waals surface area contributed by atoms with Crippen LogP contribution >= 0.6 is 0 Å². The van der Waals surface area contributed by atoms with Crippen LogP contribution in [0.2, 0.25) is 0 Å². The maximum absolute atomic E-state index is 11.5. The average Bonchev–Trinajstić information content (AvgIpc) is 2.18. The molecule has 0 aromatic heterocycles. The highest BCUT2D eigenvalue weighted by Crippen LogP contribution is 2.14. The lowest BCUT2D eigenvalue weighted by Crippen LogP contribution is -2.30. The molecule has 2 heteroatoms. The van der Waals surface area contributed by atoms with Gasteiger partial charge >= 0.3 is 0 Å². The molecular formula is C12H25NO. The van der Waals surface area contributed by atoms with Gasteiger partial charge in [-0.3, -0.25) is 4.79 Å². The molecular weight excluding hydrogens is 174 g/mol. The molecule has 0 saturated carbocycles. The van der Waals surface area contributed by atoms with E-state index >= 15 is 0 Å². The number of hydrogen-bond donors (Lipinski definition) is 1. The Labute approximate surface area is 88.5 Å². The molecule has 0 fully saturated rings. The van der Waals surface area contributed by atoms with E-state index in [-0.39, 0.29) is 11.8 Å². The van der Waals surface area contributed by atoms with E-state index in [9.17, 15) is 4.79 Å². The van der Waals surface area contributed by atoms with Crippen molar-refractivity contribution in [2.75, 3.05) is 6.54 Å². The zero-order valence-corrected chi connectivity index (χ0v) is 9.94. The van der Waals surface area contributed by atoms with Gasteiger partial charge < -0.3 is 5.32 Å². The van der Waals surface area contributed by atoms with Crippen LogP contribution in [-0.2, 0) is 4.79 Å². The van der Waals surface area contributed by atoms with Gasteiger partial charge in [0.1, 0.15) is 0 Å². The number of amides is 1. The number of carbonyl (C=O) groups is 1. The van der Waals surface area contributed by atoms with Crippen molar-refractivity contribution in [3.8, 4) is 0 Å². The number of unbranched alkanes of at least 4 members (excludes halogenated alkanes) is 3. The van der Waals surface area contributed by atoms with Crippen molar-refractivity contribution in [1.29, 1.82) is 0 Å². The van der Waals surface area contributed by atoms with Crippen molar-refractivity contribution in [1.82, 2.24) is 5.32 Å². The molecule has 0 rings (SSSR count). The van der Waals surface area contributed by atoms with Gasteiger partial charge in [0.25, 0.3) is 0 Å². The minimum absolute atomic E-state index is 0.242. The van der Waals surface area contributed by atoms with E-state index in [1.165, 1.54) is 25.7 Å². The Hall–Kier alpha value is -0.530. The molecule has 1 atom stereocenters. The van der Waals surface area contributed by atoms with Crippen molar-refractivity contribution in [2.45, 2.75) is 59.3 Å². The predicted molar refractivity (Wildman–Crippen MR) is 61.2 cm³/mol. The average molecular weight is 199 g/mol. The summed E-state index contributed by atoms with van der Waals surface area (Å²) in [6.07, 6.45) is 7.06. The highest BCUT2D eigenvalue weighted by atomic mass is 16.1. The summed E-state index contributed by atoms with van der Waals surface area (Å²) in [6.45, 7) is 7.03. The summed E-state index contributed by atoms with van der Waals surface area (Å²) in [5.41, 5.74) is 0. The van der Waals surface area contributed by atoms with E-state index in [1.807, 2.05) is 6.92 Å². The standard InChI is InChI=1S/C12H25NO/c1-4-7-8-9-10-11(5-2)12(14)13-6-3/h11H,4-10H2,1-3H3,(H,13,14). The number of hydrogen-bond acceptors (Lipinski definition) is 1. The molecule has 0 aliphatic carbocycles. The van der Waals surface area contributed by atoms with Gasteiger partial charge in [0.2, 0.25) is 5.91 Å². The summed E-state index contributed by atoms with van der Waals surface area (Å²) >= 11 is 0. The molecule has 0 radical (unpaired) electrons. The maximum atomic E-state index is 11.5. The van der Waals surface area contributed by atoms with Crippen LogP contribution in [0.3, 0.4) is 0 Å². The van der Waals surface area contributed by atoms with E-state index in [1.54, 1.807) is 0 Å². The predicted octanol–water partition coefficient (Wildman–Crippen LogP) is 3.12. The molecule has 0 aliphatic rings. The third-order valence-electron chi connectivity index (χ3n) is 2.62. The smallest absolute Gasteiger partial charge is 0.223 e. The lowest BCUT2D eigenvalue weighted by Gasteiger charge is -2.13. The van der Waals surface area contributed by atoms with Crippen molar-refractivity contribution >= 4 is 5.91 Å². The van der Waals surface area contributed by atoms with Crippen LogP contribution in [-0.4, -0.2) is 12.5 Å². The first-order valence-electron chi connectivity index (χ1n) is 6.03. The molecule has 1 amide bonds. The third kappa shape index (κ3) is 6.01. The van der Waals surface area contributed by atoms with Crippen molar-refractivity contribution < 1.29 is 4.79 Å². The number of nitrogens with one attached hydrogen (secondary N) is 1. The molecule has 1 unspecified atom stereocenters. The topological polar surface area (TPSA) is 29.1 Å². The first-order chi connectivity index (χ1) is 6.76. The van der Waals surface area contributed by atoms with E-state index in [4.69, 9.17) is 0 Å². The zero-order valence-electron chi connectivity index (χ0n) is 9.94. The van der Waals surface area contributed by atoms with Crippen LogP contribution < -0.4 is 5.32 Å². The number of carbonyl (C=O) groups excluding carboxylic acids is 1. The number of rotatable bonds is 8. The lowest BCUT2D eigenvalue weighted by atomic mass is 9.97. The summed E-state index contributed by atoms with van der Waals surface area (Å²) in [7, 11) is 0. The molecule has 0 aromatic carbocycles.